The van der Waals surface area contributed by atoms with Gasteiger partial charge in [-0.05, 0) is 68.0 Å². The summed E-state index contributed by atoms with van der Waals surface area (Å²) in [6.07, 6.45) is 1.65. The fourth-order valence-corrected chi connectivity index (χ4v) is 4.84. The van der Waals surface area contributed by atoms with Crippen LogP contribution < -0.4 is 5.32 Å². The zero-order valence-corrected chi connectivity index (χ0v) is 17.9. The lowest BCUT2D eigenvalue weighted by Gasteiger charge is -2.37. The van der Waals surface area contributed by atoms with E-state index in [1.807, 2.05) is 26.0 Å². The molecule has 2 aromatic rings. The molecule has 1 fully saturated rings. The number of nitrogens with zero attached hydrogens (tertiary/aromatic N) is 1. The highest BCUT2D eigenvalue weighted by Crippen LogP contribution is 2.44. The first kappa shape index (κ1) is 20.9. The molecule has 5 nitrogen and oxygen atoms in total. The van der Waals surface area contributed by atoms with Gasteiger partial charge in [-0.2, -0.15) is 0 Å². The van der Waals surface area contributed by atoms with E-state index >= 15 is 0 Å². The van der Waals surface area contributed by atoms with Crippen LogP contribution >= 0.6 is 0 Å². The molecule has 4 rings (SSSR count). The molecule has 160 valence electrons. The Kier molecular flexibility index (Phi) is 6.11. The van der Waals surface area contributed by atoms with Gasteiger partial charge in [0, 0.05) is 19.1 Å². The van der Waals surface area contributed by atoms with Gasteiger partial charge < -0.3 is 20.1 Å². The van der Waals surface area contributed by atoms with E-state index in [2.05, 4.69) is 46.6 Å². The van der Waals surface area contributed by atoms with E-state index in [9.17, 15) is 9.90 Å². The Bertz CT molecular complexity index is 842. The van der Waals surface area contributed by atoms with Crippen LogP contribution in [0.1, 0.15) is 43.7 Å². The van der Waals surface area contributed by atoms with Crippen LogP contribution in [0.25, 0.3) is 11.1 Å². The first-order chi connectivity index (χ1) is 14.5. The molecule has 1 saturated heterocycles. The first-order valence-corrected chi connectivity index (χ1v) is 10.9. The number of likely N-dealkylation sites (tertiary alicyclic amines) is 1. The van der Waals surface area contributed by atoms with Crippen molar-refractivity contribution in [2.24, 2.45) is 5.92 Å². The molecule has 30 heavy (non-hydrogen) atoms. The summed E-state index contributed by atoms with van der Waals surface area (Å²) in [7, 11) is 0. The van der Waals surface area contributed by atoms with Crippen LogP contribution in [-0.4, -0.2) is 54.5 Å². The third kappa shape index (κ3) is 4.52. The highest BCUT2D eigenvalue weighted by Gasteiger charge is 2.31. The molecular formula is C25H32N2O3. The predicted molar refractivity (Wildman–Crippen MR) is 119 cm³/mol. The highest BCUT2D eigenvalue weighted by molar-refractivity contribution is 5.79. The number of alkyl carbamates (subject to hydrolysis) is 1. The number of aliphatic hydroxyl groups is 1. The Hall–Kier alpha value is -2.37. The molecular weight excluding hydrogens is 376 g/mol. The molecule has 0 bridgehead atoms. The van der Waals surface area contributed by atoms with Gasteiger partial charge in [-0.25, -0.2) is 4.79 Å². The minimum absolute atomic E-state index is 0.0729. The molecule has 0 saturated carbocycles. The topological polar surface area (TPSA) is 61.8 Å². The average Bonchev–Trinajstić information content (AvgIpc) is 3.06. The number of nitrogens with one attached hydrogen (secondary N) is 1. The third-order valence-corrected chi connectivity index (χ3v) is 6.37. The number of piperidine rings is 1. The Balaban J connectivity index is 1.34. The van der Waals surface area contributed by atoms with E-state index in [1.165, 1.54) is 22.3 Å². The van der Waals surface area contributed by atoms with Crippen LogP contribution in [0.5, 0.6) is 0 Å². The van der Waals surface area contributed by atoms with E-state index in [4.69, 9.17) is 4.74 Å². The van der Waals surface area contributed by atoms with Crippen LogP contribution in [-0.2, 0) is 4.74 Å². The largest absolute Gasteiger partial charge is 0.449 e. The van der Waals surface area contributed by atoms with Crippen molar-refractivity contribution in [2.45, 2.75) is 38.1 Å². The summed E-state index contributed by atoms with van der Waals surface area (Å²) in [5, 5.41) is 12.4. The lowest BCUT2D eigenvalue weighted by atomic mass is 9.96. The van der Waals surface area contributed by atoms with Gasteiger partial charge in [-0.3, -0.25) is 0 Å². The van der Waals surface area contributed by atoms with Crippen molar-refractivity contribution >= 4 is 6.09 Å². The van der Waals surface area contributed by atoms with Gasteiger partial charge in [-0.1, -0.05) is 48.5 Å². The lowest BCUT2D eigenvalue weighted by Crippen LogP contribution is -2.53. The van der Waals surface area contributed by atoms with Gasteiger partial charge in [0.15, 0.2) is 0 Å². The molecule has 2 aliphatic rings. The zero-order valence-electron chi connectivity index (χ0n) is 17.9. The second kappa shape index (κ2) is 8.78. The number of hydrogen-bond donors (Lipinski definition) is 2. The maximum Gasteiger partial charge on any atom is 0.407 e. The monoisotopic (exact) mass is 408 g/mol. The van der Waals surface area contributed by atoms with Crippen molar-refractivity contribution in [3.05, 3.63) is 59.7 Å². The Morgan fingerprint density at radius 3 is 2.20 bits per heavy atom. The van der Waals surface area contributed by atoms with E-state index < -0.39 is 0 Å². The van der Waals surface area contributed by atoms with Crippen LogP contribution in [0.3, 0.4) is 0 Å². The van der Waals surface area contributed by atoms with Crippen LogP contribution in [0, 0.1) is 5.92 Å². The van der Waals surface area contributed by atoms with Crippen LogP contribution in [0.4, 0.5) is 4.79 Å². The van der Waals surface area contributed by atoms with E-state index in [-0.39, 0.29) is 24.2 Å². The van der Waals surface area contributed by atoms with E-state index in [1.54, 1.807) is 0 Å². The summed E-state index contributed by atoms with van der Waals surface area (Å²) in [6.45, 7) is 7.36. The van der Waals surface area contributed by atoms with E-state index in [0.29, 0.717) is 12.5 Å². The normalized spacial score (nSPS) is 17.4. The maximum atomic E-state index is 12.6. The fourth-order valence-electron chi connectivity index (χ4n) is 4.84. The second-order valence-corrected chi connectivity index (χ2v) is 9.24. The van der Waals surface area contributed by atoms with Gasteiger partial charge >= 0.3 is 6.09 Å². The number of rotatable bonds is 6. The number of fused-ring (bicyclic) bond motifs is 3. The van der Waals surface area contributed by atoms with Crippen LogP contribution in [0.2, 0.25) is 0 Å². The molecule has 0 unspecified atom stereocenters. The molecule has 2 aromatic carbocycles. The number of carbonyl (C=O) groups excluding carboxylic acids is 1. The number of ether oxygens (including phenoxy) is 1. The van der Waals surface area contributed by atoms with Crippen LogP contribution in [0.15, 0.2) is 48.5 Å². The second-order valence-electron chi connectivity index (χ2n) is 9.24. The molecule has 2 N–H and O–H groups in total. The zero-order chi connectivity index (χ0) is 21.1. The number of hydrogen-bond acceptors (Lipinski definition) is 4. The summed E-state index contributed by atoms with van der Waals surface area (Å²) >= 11 is 0. The standard InChI is InChI=1S/C25H32N2O3/c1-25(2,17-27-13-11-18(15-28)12-14-27)26-24(29)30-16-23-21-9-5-3-7-19(21)20-8-4-6-10-22(20)23/h3-10,18,23,28H,11-17H2,1-2H3,(H,26,29). The van der Waals surface area contributed by atoms with Gasteiger partial charge in [0.2, 0.25) is 0 Å². The smallest absolute Gasteiger partial charge is 0.407 e. The Morgan fingerprint density at radius 2 is 1.63 bits per heavy atom. The SMILES string of the molecule is CC(C)(CN1CCC(CO)CC1)NC(=O)OCC1c2ccccc2-c2ccccc21. The molecule has 1 heterocycles. The van der Waals surface area contributed by atoms with Crippen molar-refractivity contribution in [3.8, 4) is 11.1 Å². The summed E-state index contributed by atoms with van der Waals surface area (Å²) in [5.41, 5.74) is 4.52. The van der Waals surface area contributed by atoms with Crippen molar-refractivity contribution in [1.82, 2.24) is 10.2 Å². The molecule has 1 aliphatic carbocycles. The van der Waals surface area contributed by atoms with Gasteiger partial charge in [0.05, 0.1) is 5.54 Å². The fraction of sp³-hybridized carbons (Fsp3) is 0.480. The quantitative estimate of drug-likeness (QED) is 0.758. The minimum atomic E-state index is -0.380. The molecule has 0 radical (unpaired) electrons. The van der Waals surface area contributed by atoms with Gasteiger partial charge in [0.1, 0.15) is 6.61 Å². The van der Waals surface area contributed by atoms with Crippen molar-refractivity contribution in [1.29, 1.82) is 0 Å². The van der Waals surface area contributed by atoms with Crippen molar-refractivity contribution in [2.75, 3.05) is 32.8 Å². The predicted octanol–water partition coefficient (Wildman–Crippen LogP) is 4.01. The summed E-state index contributed by atoms with van der Waals surface area (Å²) in [5.74, 6) is 0.489. The molecule has 1 amide bonds. The average molecular weight is 409 g/mol. The Labute approximate surface area is 179 Å². The van der Waals surface area contributed by atoms with Crippen molar-refractivity contribution in [3.63, 3.8) is 0 Å². The van der Waals surface area contributed by atoms with Crippen molar-refractivity contribution < 1.29 is 14.6 Å². The highest BCUT2D eigenvalue weighted by atomic mass is 16.5. The third-order valence-electron chi connectivity index (χ3n) is 6.37. The molecule has 1 aliphatic heterocycles. The lowest BCUT2D eigenvalue weighted by molar-refractivity contribution is 0.100. The molecule has 5 heteroatoms. The summed E-state index contributed by atoms with van der Waals surface area (Å²) in [6, 6.07) is 16.7. The number of amides is 1. The maximum absolute atomic E-state index is 12.6. The molecule has 0 atom stereocenters. The summed E-state index contributed by atoms with van der Waals surface area (Å²) in [4.78, 5) is 15.0. The molecule has 0 aromatic heterocycles. The first-order valence-electron chi connectivity index (χ1n) is 10.9. The van der Waals surface area contributed by atoms with Gasteiger partial charge in [-0.15, -0.1) is 0 Å². The molecule has 0 spiro atoms. The number of aliphatic hydroxyl groups excluding tert-OH is 1. The van der Waals surface area contributed by atoms with Gasteiger partial charge in [0.25, 0.3) is 0 Å². The number of benzene rings is 2. The Morgan fingerprint density at radius 1 is 1.07 bits per heavy atom. The van der Waals surface area contributed by atoms with E-state index in [0.717, 1.165) is 32.5 Å². The summed E-state index contributed by atoms with van der Waals surface area (Å²) < 4.78 is 5.70. The minimum Gasteiger partial charge on any atom is -0.449 e. The number of carbonyl (C=O) groups is 1.